The molecule has 2 aliphatic carbocycles. The highest BCUT2D eigenvalue weighted by Gasteiger charge is 2.41. The van der Waals surface area contributed by atoms with Gasteiger partial charge in [-0.15, -0.1) is 0 Å². The van der Waals surface area contributed by atoms with Crippen molar-refractivity contribution in [2.45, 2.75) is 102 Å². The van der Waals surface area contributed by atoms with Crippen LogP contribution >= 0.6 is 0 Å². The molecule has 18 aromatic carbocycles. The van der Waals surface area contributed by atoms with Gasteiger partial charge in [0, 0.05) is 33.9 Å². The predicted octanol–water partition coefficient (Wildman–Crippen LogP) is 31.5. The number of fused-ring (bicyclic) bond motifs is 10. The third-order valence-corrected chi connectivity index (χ3v) is 26.0. The largest absolute Gasteiger partial charge is 0.310 e. The quantitative estimate of drug-likeness (QED) is 0.100. The minimum absolute atomic E-state index is 0.0767. The van der Waals surface area contributed by atoms with Crippen molar-refractivity contribution in [1.29, 1.82) is 0 Å². The monoisotopic (exact) mass is 1460 g/mol. The van der Waals surface area contributed by atoms with Gasteiger partial charge in [-0.25, -0.2) is 0 Å². The smallest absolute Gasteiger partial charge is 0.0540 e. The molecule has 0 spiro atoms. The van der Waals surface area contributed by atoms with E-state index >= 15 is 0 Å². The lowest BCUT2D eigenvalue weighted by atomic mass is 9.60. The summed E-state index contributed by atoms with van der Waals surface area (Å²) < 4.78 is 0. The highest BCUT2D eigenvalue weighted by atomic mass is 15.2. The van der Waals surface area contributed by atoms with Crippen molar-refractivity contribution in [3.8, 4) is 66.8 Å². The molecular weight excluding hydrogens is 1370 g/mol. The van der Waals surface area contributed by atoms with Crippen LogP contribution in [0.4, 0.5) is 34.1 Å². The van der Waals surface area contributed by atoms with Crippen LogP contribution < -0.4 is 9.80 Å². The van der Waals surface area contributed by atoms with Crippen molar-refractivity contribution < 1.29 is 0 Å². The SMILES string of the molecule is CC1(C)CCC(C)(C)c2cc(-c3ccc(N(c4cc(CC5(C)CCC(C)(C)c6cc(-c7ccc(N(c8cccc(-c9cc%10ccccc%10c%10ccccc9%10)c8)c8ccccc8-c8cccc9ccccc89)cc7)ccc65)cc(-c5cc6ccccc6c6ccccc56)c4)c4ccccc4-c4ccc5ccccc5c4)cc3)ccc21. The van der Waals surface area contributed by atoms with E-state index in [9.17, 15) is 0 Å². The van der Waals surface area contributed by atoms with Crippen molar-refractivity contribution in [3.05, 3.63) is 398 Å². The fourth-order valence-corrected chi connectivity index (χ4v) is 19.6. The highest BCUT2D eigenvalue weighted by Crippen LogP contribution is 2.54. The predicted molar refractivity (Wildman–Crippen MR) is 489 cm³/mol. The third-order valence-electron chi connectivity index (χ3n) is 26.0. The van der Waals surface area contributed by atoms with Gasteiger partial charge >= 0.3 is 0 Å². The number of benzene rings is 18. The first-order valence-electron chi connectivity index (χ1n) is 40.9. The minimum Gasteiger partial charge on any atom is -0.310 e. The minimum atomic E-state index is -0.214. The van der Waals surface area contributed by atoms with E-state index in [4.69, 9.17) is 0 Å². The van der Waals surface area contributed by atoms with E-state index in [2.05, 4.69) is 428 Å². The topological polar surface area (TPSA) is 6.48 Å². The summed E-state index contributed by atoms with van der Waals surface area (Å²) in [7, 11) is 0. The van der Waals surface area contributed by atoms with Crippen LogP contribution in [0.2, 0.25) is 0 Å². The van der Waals surface area contributed by atoms with E-state index in [1.165, 1.54) is 172 Å². The van der Waals surface area contributed by atoms with Crippen LogP contribution in [0.15, 0.2) is 370 Å². The molecule has 1 atom stereocenters. The Kier molecular flexibility index (Phi) is 17.1. The molecule has 0 bridgehead atoms. The summed E-state index contributed by atoms with van der Waals surface area (Å²) in [6.07, 6.45) is 5.30. The first-order valence-corrected chi connectivity index (χ1v) is 40.9. The number of hydrogen-bond acceptors (Lipinski definition) is 2. The van der Waals surface area contributed by atoms with Gasteiger partial charge in [-0.3, -0.25) is 0 Å². The molecule has 1 unspecified atom stereocenters. The van der Waals surface area contributed by atoms with E-state index in [1.54, 1.807) is 0 Å². The molecule has 18 aromatic rings. The van der Waals surface area contributed by atoms with Gasteiger partial charge in [-0.2, -0.15) is 0 Å². The Morgan fingerprint density at radius 3 is 1.26 bits per heavy atom. The molecule has 0 saturated heterocycles. The molecule has 2 nitrogen and oxygen atoms in total. The van der Waals surface area contributed by atoms with Gasteiger partial charge in [-0.05, 0) is 281 Å². The zero-order valence-corrected chi connectivity index (χ0v) is 66.1. The molecule has 114 heavy (non-hydrogen) atoms. The molecule has 0 N–H and O–H groups in total. The summed E-state index contributed by atoms with van der Waals surface area (Å²) in [5.41, 5.74) is 28.2. The molecule has 2 heteroatoms. The summed E-state index contributed by atoms with van der Waals surface area (Å²) in [5, 5.41) is 14.9. The van der Waals surface area contributed by atoms with Crippen LogP contribution in [0, 0.1) is 0 Å². The van der Waals surface area contributed by atoms with Gasteiger partial charge in [0.15, 0.2) is 0 Å². The molecule has 0 fully saturated rings. The lowest BCUT2D eigenvalue weighted by Crippen LogP contribution is -2.37. The van der Waals surface area contributed by atoms with Crippen LogP contribution in [0.1, 0.15) is 102 Å². The van der Waals surface area contributed by atoms with E-state index in [1.807, 2.05) is 0 Å². The summed E-state index contributed by atoms with van der Waals surface area (Å²) in [4.78, 5) is 5.04. The summed E-state index contributed by atoms with van der Waals surface area (Å²) in [5.74, 6) is 0. The van der Waals surface area contributed by atoms with Crippen molar-refractivity contribution in [2.75, 3.05) is 9.80 Å². The van der Waals surface area contributed by atoms with Crippen molar-refractivity contribution in [3.63, 3.8) is 0 Å². The maximum absolute atomic E-state index is 2.56. The van der Waals surface area contributed by atoms with Crippen molar-refractivity contribution in [2.24, 2.45) is 0 Å². The van der Waals surface area contributed by atoms with Crippen molar-refractivity contribution in [1.82, 2.24) is 0 Å². The van der Waals surface area contributed by atoms with Gasteiger partial charge in [0.1, 0.15) is 0 Å². The van der Waals surface area contributed by atoms with Crippen LogP contribution in [-0.2, 0) is 28.1 Å². The lowest BCUT2D eigenvalue weighted by Gasteiger charge is -2.44. The fraction of sp³-hybridized carbons (Fsp3) is 0.143. The van der Waals surface area contributed by atoms with E-state index in [0.29, 0.717) is 0 Å². The van der Waals surface area contributed by atoms with E-state index in [-0.39, 0.29) is 21.7 Å². The average Bonchev–Trinajstić information content (AvgIpc) is 0.746. The zero-order chi connectivity index (χ0) is 77.0. The molecule has 0 saturated carbocycles. The Balaban J connectivity index is 0.712. The Morgan fingerprint density at radius 1 is 0.211 bits per heavy atom. The van der Waals surface area contributed by atoms with Gasteiger partial charge in [0.05, 0.1) is 11.4 Å². The molecule has 2 aliphatic rings. The first kappa shape index (κ1) is 70.3. The molecular formula is C112H92N2. The number of anilines is 6. The maximum Gasteiger partial charge on any atom is 0.0540 e. The van der Waals surface area contributed by atoms with Gasteiger partial charge in [0.2, 0.25) is 0 Å². The number of rotatable bonds is 14. The van der Waals surface area contributed by atoms with Crippen LogP contribution in [-0.4, -0.2) is 0 Å². The molecule has 0 heterocycles. The molecule has 20 rings (SSSR count). The first-order chi connectivity index (χ1) is 55.6. The van der Waals surface area contributed by atoms with Gasteiger partial charge in [-0.1, -0.05) is 340 Å². The Hall–Kier alpha value is -12.9. The van der Waals surface area contributed by atoms with Gasteiger partial charge in [0.25, 0.3) is 0 Å². The second-order valence-corrected chi connectivity index (χ2v) is 34.6. The van der Waals surface area contributed by atoms with Crippen LogP contribution in [0.5, 0.6) is 0 Å². The molecule has 0 radical (unpaired) electrons. The Bertz CT molecular complexity index is 6820. The van der Waals surface area contributed by atoms with Gasteiger partial charge < -0.3 is 9.80 Å². The van der Waals surface area contributed by atoms with Crippen LogP contribution in [0.25, 0.3) is 131 Å². The molecule has 550 valence electrons. The normalized spacial score (nSPS) is 15.5. The molecule has 0 aliphatic heterocycles. The number of para-hydroxylation sites is 2. The molecule has 0 amide bonds. The summed E-state index contributed by atoms with van der Waals surface area (Å²) >= 11 is 0. The number of hydrogen-bond donors (Lipinski definition) is 0. The fourth-order valence-electron chi connectivity index (χ4n) is 19.6. The highest BCUT2D eigenvalue weighted by molar-refractivity contribution is 6.16. The molecule has 0 aromatic heterocycles. The van der Waals surface area contributed by atoms with E-state index in [0.717, 1.165) is 53.4 Å². The second-order valence-electron chi connectivity index (χ2n) is 34.6. The van der Waals surface area contributed by atoms with Crippen LogP contribution in [0.3, 0.4) is 0 Å². The average molecular weight is 1470 g/mol. The Labute approximate surface area is 670 Å². The van der Waals surface area contributed by atoms with E-state index < -0.39 is 0 Å². The van der Waals surface area contributed by atoms with Crippen molar-refractivity contribution >= 4 is 98.8 Å². The number of nitrogens with zero attached hydrogens (tertiary/aromatic N) is 2. The summed E-state index contributed by atoms with van der Waals surface area (Å²) in [6, 6.07) is 140. The zero-order valence-electron chi connectivity index (χ0n) is 66.1. The standard InChI is InChI=1S/C112H92N2/c1-109(2)60-61-110(3,4)105-71-80(52-58-103(105)109)76-50-56-88(57-51-76)114(107-44-22-20-37-94(107)85-47-46-75-26-8-9-28-79(75)66-85)90-65-74(64-86(68-90)102-70-84-30-12-15-36-93(84)96-39-17-19-41-99(96)102)73-112(7)63-62-111(5,6)106-72-81(53-59-104(106)112)77-48-54-87(55-49-77)113(108-45-23-21-42-100(108)97-43-25-31-78-27-10-13-34-91(78)97)89-33-24-32-82(67-89)101-69-83-29-11-14-35-92(83)95-38-16-18-40-98(95)101/h8-59,64-72H,60-63,73H2,1-7H3. The second kappa shape index (κ2) is 27.8. The Morgan fingerprint density at radius 2 is 0.632 bits per heavy atom. The third kappa shape index (κ3) is 12.4. The summed E-state index contributed by atoms with van der Waals surface area (Å²) in [6.45, 7) is 17.2. The maximum atomic E-state index is 2.56. The lowest BCUT2D eigenvalue weighted by molar-refractivity contribution is 0.310.